The van der Waals surface area contributed by atoms with Crippen molar-refractivity contribution in [2.75, 3.05) is 0 Å². The Hall–Kier alpha value is -0.760. The van der Waals surface area contributed by atoms with Crippen molar-refractivity contribution in [3.63, 3.8) is 0 Å². The first kappa shape index (κ1) is 6.36. The summed E-state index contributed by atoms with van der Waals surface area (Å²) in [7, 11) is 0. The number of rotatable bonds is 1. The number of aryl methyl sites for hydroxylation is 1. The van der Waals surface area contributed by atoms with Crippen molar-refractivity contribution in [3.05, 3.63) is 23.7 Å². The highest BCUT2D eigenvalue weighted by atomic mass is 16.3. The maximum Gasteiger partial charge on any atom is 0.120 e. The summed E-state index contributed by atoms with van der Waals surface area (Å²) in [6.07, 6.45) is 0. The van der Waals surface area contributed by atoms with Crippen molar-refractivity contribution in [2.24, 2.45) is 5.73 Å². The number of furan rings is 1. The Balaban J connectivity index is 2.85. The van der Waals surface area contributed by atoms with Gasteiger partial charge in [-0.1, -0.05) is 0 Å². The molecule has 0 fully saturated rings. The van der Waals surface area contributed by atoms with Crippen molar-refractivity contribution < 1.29 is 4.42 Å². The Bertz CT molecular complexity index is 191. The molecule has 2 nitrogen and oxygen atoms in total. The third-order valence-electron chi connectivity index (χ3n) is 1.21. The van der Waals surface area contributed by atoms with E-state index in [1.807, 2.05) is 26.0 Å². The summed E-state index contributed by atoms with van der Waals surface area (Å²) in [5.74, 6) is 1.77. The van der Waals surface area contributed by atoms with Crippen LogP contribution in [-0.2, 0) is 0 Å². The Kier molecular flexibility index (Phi) is 1.58. The van der Waals surface area contributed by atoms with Crippen LogP contribution in [0.15, 0.2) is 16.5 Å². The largest absolute Gasteiger partial charge is 0.465 e. The summed E-state index contributed by atoms with van der Waals surface area (Å²) in [6.45, 7) is 3.81. The fraction of sp³-hybridized carbons (Fsp3) is 0.429. The molecule has 0 aliphatic carbocycles. The SMILES string of the molecule is Cc1ccc([C@H](C)N)o1. The van der Waals surface area contributed by atoms with Gasteiger partial charge < -0.3 is 10.2 Å². The molecule has 1 aromatic rings. The zero-order chi connectivity index (χ0) is 6.85. The zero-order valence-corrected chi connectivity index (χ0v) is 5.72. The summed E-state index contributed by atoms with van der Waals surface area (Å²) < 4.78 is 5.22. The van der Waals surface area contributed by atoms with E-state index in [2.05, 4.69) is 0 Å². The first-order valence-electron chi connectivity index (χ1n) is 3.02. The van der Waals surface area contributed by atoms with E-state index >= 15 is 0 Å². The van der Waals surface area contributed by atoms with Gasteiger partial charge in [0.1, 0.15) is 11.5 Å². The van der Waals surface area contributed by atoms with Crippen LogP contribution in [-0.4, -0.2) is 0 Å². The van der Waals surface area contributed by atoms with E-state index in [9.17, 15) is 0 Å². The van der Waals surface area contributed by atoms with E-state index in [1.54, 1.807) is 0 Å². The molecular weight excluding hydrogens is 114 g/mol. The van der Waals surface area contributed by atoms with Crippen LogP contribution in [0.1, 0.15) is 24.5 Å². The number of hydrogen-bond acceptors (Lipinski definition) is 2. The second-order valence-corrected chi connectivity index (χ2v) is 2.24. The summed E-state index contributed by atoms with van der Waals surface area (Å²) in [6, 6.07) is 3.83. The van der Waals surface area contributed by atoms with Crippen LogP contribution in [0.2, 0.25) is 0 Å². The van der Waals surface area contributed by atoms with Crippen LogP contribution in [0.5, 0.6) is 0 Å². The minimum atomic E-state index is 0.0127. The highest BCUT2D eigenvalue weighted by Crippen LogP contribution is 2.12. The molecule has 1 heterocycles. The lowest BCUT2D eigenvalue weighted by atomic mass is 10.3. The van der Waals surface area contributed by atoms with E-state index < -0.39 is 0 Å². The third-order valence-corrected chi connectivity index (χ3v) is 1.21. The van der Waals surface area contributed by atoms with Gasteiger partial charge in [-0.3, -0.25) is 0 Å². The molecule has 0 radical (unpaired) electrons. The Morgan fingerprint density at radius 3 is 2.44 bits per heavy atom. The van der Waals surface area contributed by atoms with E-state index in [0.717, 1.165) is 11.5 Å². The van der Waals surface area contributed by atoms with Crippen LogP contribution in [0.3, 0.4) is 0 Å². The van der Waals surface area contributed by atoms with Gasteiger partial charge in [-0.15, -0.1) is 0 Å². The molecule has 1 rings (SSSR count). The molecule has 0 saturated carbocycles. The molecule has 1 aromatic heterocycles. The Morgan fingerprint density at radius 2 is 2.22 bits per heavy atom. The molecule has 0 spiro atoms. The van der Waals surface area contributed by atoms with Gasteiger partial charge in [-0.2, -0.15) is 0 Å². The summed E-state index contributed by atoms with van der Waals surface area (Å²) in [5, 5.41) is 0. The lowest BCUT2D eigenvalue weighted by molar-refractivity contribution is 0.457. The van der Waals surface area contributed by atoms with Gasteiger partial charge in [-0.05, 0) is 26.0 Å². The Morgan fingerprint density at radius 1 is 1.56 bits per heavy atom. The predicted octanol–water partition coefficient (Wildman–Crippen LogP) is 1.61. The Labute approximate surface area is 54.7 Å². The van der Waals surface area contributed by atoms with Crippen LogP contribution in [0, 0.1) is 6.92 Å². The van der Waals surface area contributed by atoms with Gasteiger partial charge in [0.05, 0.1) is 6.04 Å². The van der Waals surface area contributed by atoms with Crippen molar-refractivity contribution in [1.82, 2.24) is 0 Å². The lowest BCUT2D eigenvalue weighted by Gasteiger charge is -1.96. The van der Waals surface area contributed by atoms with Crippen LogP contribution < -0.4 is 5.73 Å². The minimum Gasteiger partial charge on any atom is -0.465 e. The van der Waals surface area contributed by atoms with Crippen LogP contribution in [0.4, 0.5) is 0 Å². The zero-order valence-electron chi connectivity index (χ0n) is 5.72. The van der Waals surface area contributed by atoms with Gasteiger partial charge in [0.15, 0.2) is 0 Å². The molecular formula is C7H11NO. The second-order valence-electron chi connectivity index (χ2n) is 2.24. The lowest BCUT2D eigenvalue weighted by Crippen LogP contribution is -2.02. The van der Waals surface area contributed by atoms with Gasteiger partial charge in [0.25, 0.3) is 0 Å². The molecule has 2 heteroatoms. The highest BCUT2D eigenvalue weighted by molar-refractivity contribution is 5.07. The normalized spacial score (nSPS) is 13.7. The number of hydrogen-bond donors (Lipinski definition) is 1. The minimum absolute atomic E-state index is 0.0127. The fourth-order valence-electron chi connectivity index (χ4n) is 0.698. The van der Waals surface area contributed by atoms with Crippen molar-refractivity contribution in [3.8, 4) is 0 Å². The molecule has 50 valence electrons. The van der Waals surface area contributed by atoms with Crippen molar-refractivity contribution in [2.45, 2.75) is 19.9 Å². The maximum atomic E-state index is 5.53. The average molecular weight is 125 g/mol. The topological polar surface area (TPSA) is 39.2 Å². The summed E-state index contributed by atoms with van der Waals surface area (Å²) in [5.41, 5.74) is 5.53. The molecule has 0 aliphatic rings. The van der Waals surface area contributed by atoms with Gasteiger partial charge in [0, 0.05) is 0 Å². The van der Waals surface area contributed by atoms with E-state index in [0.29, 0.717) is 0 Å². The van der Waals surface area contributed by atoms with Gasteiger partial charge >= 0.3 is 0 Å². The van der Waals surface area contributed by atoms with Gasteiger partial charge in [-0.25, -0.2) is 0 Å². The molecule has 2 N–H and O–H groups in total. The number of nitrogens with two attached hydrogens (primary N) is 1. The van der Waals surface area contributed by atoms with Crippen molar-refractivity contribution >= 4 is 0 Å². The molecule has 1 atom stereocenters. The molecule has 0 amide bonds. The quantitative estimate of drug-likeness (QED) is 0.619. The van der Waals surface area contributed by atoms with Crippen molar-refractivity contribution in [1.29, 1.82) is 0 Å². The molecule has 9 heavy (non-hydrogen) atoms. The maximum absolute atomic E-state index is 5.53. The molecule has 0 aliphatic heterocycles. The summed E-state index contributed by atoms with van der Waals surface area (Å²) in [4.78, 5) is 0. The third kappa shape index (κ3) is 1.33. The average Bonchev–Trinajstić information content (AvgIpc) is 2.14. The molecule has 0 unspecified atom stereocenters. The molecule has 0 saturated heterocycles. The van der Waals surface area contributed by atoms with Crippen LogP contribution >= 0.6 is 0 Å². The van der Waals surface area contributed by atoms with Gasteiger partial charge in [0.2, 0.25) is 0 Å². The smallest absolute Gasteiger partial charge is 0.120 e. The standard InChI is InChI=1S/C7H11NO/c1-5-3-4-7(9-5)6(2)8/h3-4,6H,8H2,1-2H3/t6-/m0/s1. The molecule has 0 bridgehead atoms. The fourth-order valence-corrected chi connectivity index (χ4v) is 0.698. The van der Waals surface area contributed by atoms with E-state index in [4.69, 9.17) is 10.2 Å². The van der Waals surface area contributed by atoms with E-state index in [-0.39, 0.29) is 6.04 Å². The first-order chi connectivity index (χ1) is 4.20. The highest BCUT2D eigenvalue weighted by Gasteiger charge is 2.01. The van der Waals surface area contributed by atoms with Crippen LogP contribution in [0.25, 0.3) is 0 Å². The summed E-state index contributed by atoms with van der Waals surface area (Å²) >= 11 is 0. The second kappa shape index (κ2) is 2.23. The molecule has 0 aromatic carbocycles. The van der Waals surface area contributed by atoms with E-state index in [1.165, 1.54) is 0 Å². The first-order valence-corrected chi connectivity index (χ1v) is 3.02. The predicted molar refractivity (Wildman–Crippen MR) is 36.0 cm³/mol. The monoisotopic (exact) mass is 125 g/mol.